The minimum atomic E-state index is -0.0736. The molecule has 0 radical (unpaired) electrons. The lowest BCUT2D eigenvalue weighted by atomic mass is 10.0. The van der Waals surface area contributed by atoms with Gasteiger partial charge in [-0.15, -0.1) is 0 Å². The van der Waals surface area contributed by atoms with Crippen LogP contribution in [0.25, 0.3) is 0 Å². The van der Waals surface area contributed by atoms with Gasteiger partial charge in [0.15, 0.2) is 5.78 Å². The fourth-order valence-electron chi connectivity index (χ4n) is 1.94. The number of ketones is 1. The Morgan fingerprint density at radius 3 is 2.71 bits per heavy atom. The summed E-state index contributed by atoms with van der Waals surface area (Å²) >= 11 is 6.82. The first-order valence-electron chi connectivity index (χ1n) is 6.48. The average Bonchev–Trinajstić information content (AvgIpc) is 3.31. The van der Waals surface area contributed by atoms with Gasteiger partial charge in [-0.25, -0.2) is 0 Å². The first-order valence-corrected chi connectivity index (χ1v) is 8.07. The smallest absolute Gasteiger partial charge is 0.197 e. The highest BCUT2D eigenvalue weighted by Gasteiger charge is 2.24. The van der Waals surface area contributed by atoms with Gasteiger partial charge in [-0.3, -0.25) is 4.79 Å². The van der Waals surface area contributed by atoms with Gasteiger partial charge in [0.1, 0.15) is 18.5 Å². The molecule has 3 nitrogen and oxygen atoms in total. The molecule has 2 aromatic rings. The molecular weight excluding hydrogens is 400 g/mol. The molecule has 1 fully saturated rings. The quantitative estimate of drug-likeness (QED) is 0.546. The van der Waals surface area contributed by atoms with E-state index in [9.17, 15) is 4.79 Å². The second-order valence-electron chi connectivity index (χ2n) is 4.72. The zero-order chi connectivity index (χ0) is 14.8. The molecule has 0 saturated carbocycles. The van der Waals surface area contributed by atoms with Crippen LogP contribution in [-0.4, -0.2) is 25.1 Å². The number of carbonyl (C=O) groups is 1. The van der Waals surface area contributed by atoms with E-state index < -0.39 is 0 Å². The number of hydrogen-bond donors (Lipinski definition) is 0. The van der Waals surface area contributed by atoms with Crippen LogP contribution in [0.1, 0.15) is 15.9 Å². The largest absolute Gasteiger partial charge is 0.490 e. The highest BCUT2D eigenvalue weighted by Crippen LogP contribution is 2.28. The van der Waals surface area contributed by atoms with Gasteiger partial charge in [-0.1, -0.05) is 44.0 Å². The predicted molar refractivity (Wildman–Crippen MR) is 87.0 cm³/mol. The number of halogens is 2. The van der Waals surface area contributed by atoms with Crippen molar-refractivity contribution in [1.82, 2.24) is 0 Å². The second kappa shape index (κ2) is 6.30. The molecule has 1 aliphatic heterocycles. The van der Waals surface area contributed by atoms with Crippen LogP contribution in [0.5, 0.6) is 5.75 Å². The van der Waals surface area contributed by atoms with Crippen LogP contribution >= 0.6 is 31.9 Å². The van der Waals surface area contributed by atoms with Crippen LogP contribution in [0, 0.1) is 0 Å². The first kappa shape index (κ1) is 14.8. The maximum absolute atomic E-state index is 12.7. The molecule has 1 unspecified atom stereocenters. The third kappa shape index (κ3) is 3.54. The Bertz CT molecular complexity index is 681. The van der Waals surface area contributed by atoms with E-state index in [0.29, 0.717) is 23.5 Å². The van der Waals surface area contributed by atoms with E-state index >= 15 is 0 Å². The Hall–Kier alpha value is -1.17. The van der Waals surface area contributed by atoms with E-state index in [1.165, 1.54) is 0 Å². The van der Waals surface area contributed by atoms with Gasteiger partial charge in [-0.2, -0.15) is 0 Å². The van der Waals surface area contributed by atoms with Gasteiger partial charge in [0.25, 0.3) is 0 Å². The van der Waals surface area contributed by atoms with Crippen molar-refractivity contribution in [2.45, 2.75) is 6.10 Å². The molecule has 1 saturated heterocycles. The third-order valence-corrected chi connectivity index (χ3v) is 4.32. The van der Waals surface area contributed by atoms with Crippen molar-refractivity contribution in [1.29, 1.82) is 0 Å². The Morgan fingerprint density at radius 2 is 1.95 bits per heavy atom. The van der Waals surface area contributed by atoms with Gasteiger partial charge in [0.05, 0.1) is 12.2 Å². The fraction of sp³-hybridized carbons (Fsp3) is 0.188. The molecule has 0 aliphatic carbocycles. The number of para-hydroxylation sites is 1. The molecule has 3 rings (SSSR count). The molecule has 108 valence electrons. The van der Waals surface area contributed by atoms with Gasteiger partial charge < -0.3 is 9.47 Å². The summed E-state index contributed by atoms with van der Waals surface area (Å²) in [5.74, 6) is 0.514. The molecule has 0 spiro atoms. The van der Waals surface area contributed by atoms with E-state index in [-0.39, 0.29) is 11.9 Å². The van der Waals surface area contributed by atoms with E-state index in [2.05, 4.69) is 31.9 Å². The maximum atomic E-state index is 12.7. The van der Waals surface area contributed by atoms with E-state index in [0.717, 1.165) is 15.6 Å². The molecule has 21 heavy (non-hydrogen) atoms. The molecule has 0 aromatic heterocycles. The van der Waals surface area contributed by atoms with Crippen LogP contribution in [0.4, 0.5) is 0 Å². The van der Waals surface area contributed by atoms with Crippen molar-refractivity contribution in [2.24, 2.45) is 0 Å². The predicted octanol–water partition coefficient (Wildman–Crippen LogP) is 4.22. The highest BCUT2D eigenvalue weighted by atomic mass is 79.9. The SMILES string of the molecule is O=C(c1cc(Br)ccc1Br)c1ccccc1OCC1CO1. The normalized spacial score (nSPS) is 16.6. The van der Waals surface area contributed by atoms with Gasteiger partial charge in [0, 0.05) is 14.5 Å². The van der Waals surface area contributed by atoms with Gasteiger partial charge >= 0.3 is 0 Å². The molecule has 1 heterocycles. The van der Waals surface area contributed by atoms with Crippen molar-refractivity contribution in [3.05, 3.63) is 62.5 Å². The molecule has 0 amide bonds. The zero-order valence-corrected chi connectivity index (χ0v) is 14.2. The van der Waals surface area contributed by atoms with E-state index in [1.54, 1.807) is 12.1 Å². The minimum absolute atomic E-state index is 0.0736. The number of carbonyl (C=O) groups excluding carboxylic acids is 1. The summed E-state index contributed by atoms with van der Waals surface area (Å²) in [7, 11) is 0. The van der Waals surface area contributed by atoms with Gasteiger partial charge in [0.2, 0.25) is 0 Å². The standard InChI is InChI=1S/C16H12Br2O3/c17-10-5-6-14(18)13(7-10)16(19)12-3-1-2-4-15(12)21-9-11-8-20-11/h1-7,11H,8-9H2. The second-order valence-corrected chi connectivity index (χ2v) is 6.49. The number of ether oxygens (including phenoxy) is 2. The monoisotopic (exact) mass is 410 g/mol. The first-order chi connectivity index (χ1) is 10.1. The molecule has 0 bridgehead atoms. The van der Waals surface area contributed by atoms with Crippen LogP contribution in [0.2, 0.25) is 0 Å². The summed E-state index contributed by atoms with van der Waals surface area (Å²) in [6.07, 6.45) is 0.158. The summed E-state index contributed by atoms with van der Waals surface area (Å²) in [6, 6.07) is 12.8. The Kier molecular flexibility index (Phi) is 4.42. The summed E-state index contributed by atoms with van der Waals surface area (Å²) < 4.78 is 12.4. The zero-order valence-electron chi connectivity index (χ0n) is 11.0. The summed E-state index contributed by atoms with van der Waals surface area (Å²) in [5.41, 5.74) is 1.15. The maximum Gasteiger partial charge on any atom is 0.197 e. The van der Waals surface area contributed by atoms with Crippen LogP contribution in [0.15, 0.2) is 51.4 Å². The van der Waals surface area contributed by atoms with Crippen molar-refractivity contribution in [3.63, 3.8) is 0 Å². The lowest BCUT2D eigenvalue weighted by Crippen LogP contribution is -2.09. The Morgan fingerprint density at radius 1 is 1.19 bits per heavy atom. The van der Waals surface area contributed by atoms with E-state index in [4.69, 9.17) is 9.47 Å². The summed E-state index contributed by atoms with van der Waals surface area (Å²) in [5, 5.41) is 0. The van der Waals surface area contributed by atoms with Crippen molar-refractivity contribution in [3.8, 4) is 5.75 Å². The van der Waals surface area contributed by atoms with Crippen LogP contribution in [-0.2, 0) is 4.74 Å². The van der Waals surface area contributed by atoms with Crippen LogP contribution < -0.4 is 4.74 Å². The summed E-state index contributed by atoms with van der Waals surface area (Å²) in [6.45, 7) is 1.21. The number of epoxide rings is 1. The number of rotatable bonds is 5. The topological polar surface area (TPSA) is 38.8 Å². The van der Waals surface area contributed by atoms with E-state index in [1.807, 2.05) is 30.3 Å². The fourth-order valence-corrected chi connectivity index (χ4v) is 2.73. The molecule has 2 aromatic carbocycles. The highest BCUT2D eigenvalue weighted by molar-refractivity contribution is 9.11. The molecular formula is C16H12Br2O3. The minimum Gasteiger partial charge on any atom is -0.490 e. The Labute approximate surface area is 139 Å². The van der Waals surface area contributed by atoms with Crippen molar-refractivity contribution in [2.75, 3.05) is 13.2 Å². The van der Waals surface area contributed by atoms with Crippen molar-refractivity contribution >= 4 is 37.6 Å². The third-order valence-electron chi connectivity index (χ3n) is 3.13. The summed E-state index contributed by atoms with van der Waals surface area (Å²) in [4.78, 5) is 12.7. The van der Waals surface area contributed by atoms with Gasteiger partial charge in [-0.05, 0) is 30.3 Å². The molecule has 5 heteroatoms. The number of hydrogen-bond acceptors (Lipinski definition) is 3. The molecule has 1 atom stereocenters. The lowest BCUT2D eigenvalue weighted by Gasteiger charge is -2.11. The average molecular weight is 412 g/mol. The van der Waals surface area contributed by atoms with Crippen molar-refractivity contribution < 1.29 is 14.3 Å². The molecule has 0 N–H and O–H groups in total. The number of benzene rings is 2. The Balaban J connectivity index is 1.91. The van der Waals surface area contributed by atoms with Crippen LogP contribution in [0.3, 0.4) is 0 Å². The lowest BCUT2D eigenvalue weighted by molar-refractivity contribution is 0.103. The molecule has 1 aliphatic rings.